The highest BCUT2D eigenvalue weighted by atomic mass is 32.2. The Morgan fingerprint density at radius 1 is 1.05 bits per heavy atom. The van der Waals surface area contributed by atoms with Crippen molar-refractivity contribution in [2.75, 3.05) is 34.3 Å². The van der Waals surface area contributed by atoms with Crippen molar-refractivity contribution in [1.82, 2.24) is 14.5 Å². The number of cyclic esters (lactones) is 1. The summed E-state index contributed by atoms with van der Waals surface area (Å²) in [6.45, 7) is 12.3. The van der Waals surface area contributed by atoms with Gasteiger partial charge in [-0.15, -0.1) is 0 Å². The van der Waals surface area contributed by atoms with Crippen LogP contribution in [0.3, 0.4) is 0 Å². The van der Waals surface area contributed by atoms with E-state index in [1.54, 1.807) is 34.6 Å². The zero-order valence-electron chi connectivity index (χ0n) is 35.2. The molecular formula is C39H60N4O14S. The lowest BCUT2D eigenvalue weighted by Crippen LogP contribution is -2.60. The van der Waals surface area contributed by atoms with Crippen molar-refractivity contribution in [1.29, 1.82) is 0 Å². The van der Waals surface area contributed by atoms with Gasteiger partial charge in [0, 0.05) is 50.1 Å². The molecule has 0 saturated carbocycles. The van der Waals surface area contributed by atoms with Crippen molar-refractivity contribution >= 4 is 39.3 Å². The standard InChI is InChI=1S/C39H60N4O14S/c1-12-29-39(8)33(42(37(48)57-39)18-17-40-58(51,52)28-16-14-13-15-26(28)43(49)50)23(4)30(44)21(2)20-38(7,53-11)34(24(5)31(45)25(6)35(47)55-29)56-36-32(46)27(41(9)10)19-22(3)54-36/h13-16,21-25,27,29,32-34,36,40,46H,12,17-20H2,1-11H3/t21-,22-,23-,24-,25-,27+,29+,32-,33+,34-,36+,38-,39-/m1/s1. The van der Waals surface area contributed by atoms with Crippen LogP contribution in [-0.2, 0) is 48.1 Å². The molecule has 3 heterocycles. The summed E-state index contributed by atoms with van der Waals surface area (Å²) in [4.78, 5) is 69.8. The number of esters is 1. The number of hydrogen-bond acceptors (Lipinski definition) is 15. The number of benzene rings is 1. The molecule has 0 spiro atoms. The number of carbonyl (C=O) groups is 4. The zero-order chi connectivity index (χ0) is 43.7. The second kappa shape index (κ2) is 18.4. The molecule has 0 aromatic heterocycles. The fourth-order valence-electron chi connectivity index (χ4n) is 8.92. The lowest BCUT2D eigenvalue weighted by Gasteiger charge is -2.47. The molecular weight excluding hydrogens is 781 g/mol. The lowest BCUT2D eigenvalue weighted by atomic mass is 9.73. The lowest BCUT2D eigenvalue weighted by molar-refractivity contribution is -0.387. The van der Waals surface area contributed by atoms with E-state index in [9.17, 15) is 42.8 Å². The first-order chi connectivity index (χ1) is 26.9. The molecule has 3 aliphatic rings. The van der Waals surface area contributed by atoms with Gasteiger partial charge in [-0.05, 0) is 67.1 Å². The molecule has 1 aromatic rings. The molecule has 326 valence electrons. The number of hydrogen-bond donors (Lipinski definition) is 2. The van der Waals surface area contributed by atoms with E-state index in [0.29, 0.717) is 6.42 Å². The number of likely N-dealkylation sites (N-methyl/N-ethyl adjacent to an activating group) is 1. The number of aliphatic hydroxyl groups is 1. The summed E-state index contributed by atoms with van der Waals surface area (Å²) in [5.41, 5.74) is -3.68. The van der Waals surface area contributed by atoms with Gasteiger partial charge < -0.3 is 33.7 Å². The normalized spacial score (nSPS) is 36.9. The SMILES string of the molecule is CC[C@@H]1OC(=O)[C@H](C)C(=O)[C@@H](C)[C@@H](O[C@@H]2O[C@H](C)C[C@H](N(C)C)[C@H]2O)[C@](C)(OC)C[C@@H](C)C(=O)[C@@H](C)[C@@H]2N(CCNS(=O)(=O)c3ccccc3[N+](=O)[O-])C(=O)O[C@]12C. The molecule has 19 heteroatoms. The number of carbonyl (C=O) groups excluding carboxylic acids is 4. The minimum Gasteiger partial charge on any atom is -0.458 e. The fraction of sp³-hybridized carbons (Fsp3) is 0.744. The van der Waals surface area contributed by atoms with Crippen LogP contribution in [0.1, 0.15) is 74.7 Å². The summed E-state index contributed by atoms with van der Waals surface area (Å²) in [5, 5.41) is 23.0. The average molecular weight is 841 g/mol. The summed E-state index contributed by atoms with van der Waals surface area (Å²) in [5.74, 6) is -6.00. The molecule has 3 saturated heterocycles. The largest absolute Gasteiger partial charge is 0.458 e. The molecule has 13 atom stereocenters. The molecule has 2 N–H and O–H groups in total. The monoisotopic (exact) mass is 840 g/mol. The van der Waals surface area contributed by atoms with E-state index in [1.807, 2.05) is 25.9 Å². The number of sulfonamides is 1. The quantitative estimate of drug-likeness (QED) is 0.141. The summed E-state index contributed by atoms with van der Waals surface area (Å²) in [6, 6.07) is 3.36. The predicted octanol–water partition coefficient (Wildman–Crippen LogP) is 3.08. The number of nitrogens with zero attached hydrogens (tertiary/aromatic N) is 3. The Morgan fingerprint density at radius 3 is 2.28 bits per heavy atom. The number of methoxy groups -OCH3 is 1. The smallest absolute Gasteiger partial charge is 0.410 e. The zero-order valence-corrected chi connectivity index (χ0v) is 36.0. The van der Waals surface area contributed by atoms with Crippen LogP contribution in [0.4, 0.5) is 10.5 Å². The first-order valence-electron chi connectivity index (χ1n) is 19.7. The van der Waals surface area contributed by atoms with Crippen LogP contribution in [0.5, 0.6) is 0 Å². The molecule has 4 rings (SSSR count). The highest BCUT2D eigenvalue weighted by Gasteiger charge is 2.60. The number of nitro groups is 1. The third kappa shape index (κ3) is 9.40. The van der Waals surface area contributed by atoms with Crippen molar-refractivity contribution < 1.29 is 61.3 Å². The number of Topliss-reactive ketones (excluding diaryl/α,β-unsaturated/α-hetero) is 2. The van der Waals surface area contributed by atoms with E-state index in [1.165, 1.54) is 38.0 Å². The van der Waals surface area contributed by atoms with Crippen molar-refractivity contribution in [2.24, 2.45) is 23.7 Å². The summed E-state index contributed by atoms with van der Waals surface area (Å²) in [7, 11) is 0.629. The van der Waals surface area contributed by atoms with E-state index in [-0.39, 0.29) is 37.3 Å². The van der Waals surface area contributed by atoms with Gasteiger partial charge >= 0.3 is 12.1 Å². The van der Waals surface area contributed by atoms with Crippen molar-refractivity contribution in [3.63, 3.8) is 0 Å². The Balaban J connectivity index is 1.74. The average Bonchev–Trinajstić information content (AvgIpc) is 3.43. The van der Waals surface area contributed by atoms with Crippen molar-refractivity contribution in [3.8, 4) is 0 Å². The molecule has 3 aliphatic heterocycles. The van der Waals surface area contributed by atoms with Gasteiger partial charge in [0.15, 0.2) is 22.6 Å². The van der Waals surface area contributed by atoms with Crippen molar-refractivity contribution in [2.45, 2.75) is 134 Å². The molecule has 1 aromatic carbocycles. The number of fused-ring (bicyclic) bond motifs is 1. The molecule has 0 radical (unpaired) electrons. The second-order valence-electron chi connectivity index (χ2n) is 16.5. The van der Waals surface area contributed by atoms with Crippen LogP contribution in [-0.4, -0.2) is 140 Å². The molecule has 18 nitrogen and oxygen atoms in total. The molecule has 1 amide bonds. The minimum atomic E-state index is -4.44. The van der Waals surface area contributed by atoms with Crippen LogP contribution in [0.2, 0.25) is 0 Å². The van der Waals surface area contributed by atoms with Gasteiger partial charge in [-0.1, -0.05) is 39.8 Å². The Kier molecular flexibility index (Phi) is 14.9. The second-order valence-corrected chi connectivity index (χ2v) is 18.2. The predicted molar refractivity (Wildman–Crippen MR) is 208 cm³/mol. The summed E-state index contributed by atoms with van der Waals surface area (Å²) < 4.78 is 59.5. The first kappa shape index (κ1) is 47.1. The Bertz CT molecular complexity index is 1810. The van der Waals surface area contributed by atoms with E-state index >= 15 is 0 Å². The number of ether oxygens (including phenoxy) is 5. The molecule has 0 aliphatic carbocycles. The highest BCUT2D eigenvalue weighted by molar-refractivity contribution is 7.89. The van der Waals surface area contributed by atoms with E-state index < -0.39 is 115 Å². The van der Waals surface area contributed by atoms with Gasteiger partial charge in [0.05, 0.1) is 28.8 Å². The topological polar surface area (TPSA) is 230 Å². The summed E-state index contributed by atoms with van der Waals surface area (Å²) in [6.07, 6.45) is -5.23. The molecule has 0 unspecified atom stereocenters. The minimum absolute atomic E-state index is 0.00559. The van der Waals surface area contributed by atoms with Gasteiger partial charge in [-0.25, -0.2) is 17.9 Å². The first-order valence-corrected chi connectivity index (χ1v) is 21.1. The van der Waals surface area contributed by atoms with Crippen molar-refractivity contribution in [3.05, 3.63) is 34.4 Å². The number of rotatable bonds is 11. The number of nitrogens with one attached hydrogen (secondary N) is 1. The maximum Gasteiger partial charge on any atom is 0.410 e. The number of nitro benzene ring substituents is 1. The van der Waals surface area contributed by atoms with E-state index in [0.717, 1.165) is 12.1 Å². The summed E-state index contributed by atoms with van der Waals surface area (Å²) >= 11 is 0. The van der Waals surface area contributed by atoms with Gasteiger partial charge in [-0.3, -0.25) is 29.4 Å². The third-order valence-corrected chi connectivity index (χ3v) is 13.7. The van der Waals surface area contributed by atoms with Crippen LogP contribution in [0, 0.1) is 33.8 Å². The maximum absolute atomic E-state index is 14.6. The van der Waals surface area contributed by atoms with Crippen LogP contribution < -0.4 is 4.72 Å². The Morgan fingerprint density at radius 2 is 1.69 bits per heavy atom. The van der Waals surface area contributed by atoms with E-state index in [4.69, 9.17) is 23.7 Å². The van der Waals surface area contributed by atoms with Gasteiger partial charge in [0.2, 0.25) is 10.0 Å². The number of ketones is 2. The molecule has 58 heavy (non-hydrogen) atoms. The van der Waals surface area contributed by atoms with Crippen LogP contribution >= 0.6 is 0 Å². The number of aliphatic hydroxyl groups excluding tert-OH is 1. The Hall–Kier alpha value is -3.59. The number of amides is 1. The molecule has 3 fully saturated rings. The maximum atomic E-state index is 14.6. The molecule has 0 bridgehead atoms. The van der Waals surface area contributed by atoms with Crippen LogP contribution in [0.25, 0.3) is 0 Å². The van der Waals surface area contributed by atoms with Gasteiger partial charge in [-0.2, -0.15) is 0 Å². The van der Waals surface area contributed by atoms with Crippen LogP contribution in [0.15, 0.2) is 29.2 Å². The third-order valence-electron chi connectivity index (χ3n) is 12.2. The number of para-hydroxylation sites is 1. The van der Waals surface area contributed by atoms with E-state index in [2.05, 4.69) is 4.72 Å². The van der Waals surface area contributed by atoms with Gasteiger partial charge in [0.1, 0.15) is 23.9 Å². The Labute approximate surface area is 340 Å². The highest BCUT2D eigenvalue weighted by Crippen LogP contribution is 2.43. The van der Waals surface area contributed by atoms with Gasteiger partial charge in [0.25, 0.3) is 5.69 Å². The fourth-order valence-corrected chi connectivity index (χ4v) is 10.1.